The van der Waals surface area contributed by atoms with Crippen LogP contribution in [0.5, 0.6) is 0 Å². The Morgan fingerprint density at radius 2 is 1.18 bits per heavy atom. The van der Waals surface area contributed by atoms with E-state index < -0.39 is 0 Å². The highest BCUT2D eigenvalue weighted by molar-refractivity contribution is 6.24. The van der Waals surface area contributed by atoms with Gasteiger partial charge in [0.1, 0.15) is 5.82 Å². The van der Waals surface area contributed by atoms with E-state index in [0.717, 1.165) is 50.2 Å². The summed E-state index contributed by atoms with van der Waals surface area (Å²) in [7, 11) is 0. The normalized spacial score (nSPS) is 11.4. The van der Waals surface area contributed by atoms with Crippen LogP contribution >= 0.6 is 0 Å². The van der Waals surface area contributed by atoms with Gasteiger partial charge < -0.3 is 0 Å². The first-order chi connectivity index (χ1) is 18.7. The monoisotopic (exact) mass is 488 g/mol. The van der Waals surface area contributed by atoms with E-state index in [1.54, 1.807) is 6.92 Å². The van der Waals surface area contributed by atoms with Crippen LogP contribution in [0.4, 0.5) is 0 Å². The van der Waals surface area contributed by atoms with E-state index in [4.69, 9.17) is 4.98 Å². The Balaban J connectivity index is 1.55. The number of fused-ring (bicyclic) bond motifs is 6. The summed E-state index contributed by atoms with van der Waals surface area (Å²) >= 11 is 0. The first kappa shape index (κ1) is 22.2. The molecule has 1 heterocycles. The molecule has 180 valence electrons. The average Bonchev–Trinajstić information content (AvgIpc) is 3.39. The lowest BCUT2D eigenvalue weighted by molar-refractivity contribution is 0.101. The highest BCUT2D eigenvalue weighted by Crippen LogP contribution is 2.39. The SMILES string of the molecule is CC(=O)c1ccc(-c2cccc(-c3nc4c5ccccc5c5ccccc5c4n3-c3ccccc3)c2)cc1. The molecule has 0 bridgehead atoms. The number of hydrogen-bond donors (Lipinski definition) is 0. The Bertz CT molecular complexity index is 1980. The molecule has 0 amide bonds. The second-order valence-electron chi connectivity index (χ2n) is 9.61. The number of carbonyl (C=O) groups is 1. The van der Waals surface area contributed by atoms with Gasteiger partial charge in [0.2, 0.25) is 0 Å². The molecule has 3 heteroatoms. The van der Waals surface area contributed by atoms with E-state index >= 15 is 0 Å². The Morgan fingerprint density at radius 1 is 0.579 bits per heavy atom. The van der Waals surface area contributed by atoms with Crippen molar-refractivity contribution in [2.45, 2.75) is 6.92 Å². The van der Waals surface area contributed by atoms with Gasteiger partial charge in [-0.15, -0.1) is 0 Å². The molecule has 0 spiro atoms. The van der Waals surface area contributed by atoms with Crippen molar-refractivity contribution >= 4 is 38.4 Å². The minimum Gasteiger partial charge on any atom is -0.295 e. The third-order valence-corrected chi connectivity index (χ3v) is 7.29. The van der Waals surface area contributed by atoms with Gasteiger partial charge in [-0.05, 0) is 47.0 Å². The van der Waals surface area contributed by atoms with Gasteiger partial charge in [-0.2, -0.15) is 0 Å². The molecule has 0 aliphatic carbocycles. The van der Waals surface area contributed by atoms with Crippen molar-refractivity contribution in [3.63, 3.8) is 0 Å². The number of imidazole rings is 1. The zero-order chi connectivity index (χ0) is 25.6. The van der Waals surface area contributed by atoms with Crippen LogP contribution in [-0.2, 0) is 0 Å². The van der Waals surface area contributed by atoms with Crippen LogP contribution in [0.2, 0.25) is 0 Å². The fraction of sp³-hybridized carbons (Fsp3) is 0.0286. The molecule has 0 atom stereocenters. The molecule has 0 fully saturated rings. The van der Waals surface area contributed by atoms with E-state index in [1.165, 1.54) is 16.2 Å². The van der Waals surface area contributed by atoms with Gasteiger partial charge in [-0.3, -0.25) is 9.36 Å². The van der Waals surface area contributed by atoms with Gasteiger partial charge in [0.15, 0.2) is 5.78 Å². The maximum absolute atomic E-state index is 11.8. The summed E-state index contributed by atoms with van der Waals surface area (Å²) in [4.78, 5) is 17.1. The highest BCUT2D eigenvalue weighted by atomic mass is 16.1. The summed E-state index contributed by atoms with van der Waals surface area (Å²) in [5, 5.41) is 4.76. The van der Waals surface area contributed by atoms with Crippen LogP contribution in [0.3, 0.4) is 0 Å². The van der Waals surface area contributed by atoms with E-state index in [-0.39, 0.29) is 5.78 Å². The second-order valence-corrected chi connectivity index (χ2v) is 9.61. The zero-order valence-corrected chi connectivity index (χ0v) is 20.9. The van der Waals surface area contributed by atoms with Crippen molar-refractivity contribution in [3.05, 3.63) is 133 Å². The van der Waals surface area contributed by atoms with Crippen LogP contribution < -0.4 is 0 Å². The molecule has 0 aliphatic rings. The van der Waals surface area contributed by atoms with Gasteiger partial charge >= 0.3 is 0 Å². The average molecular weight is 489 g/mol. The maximum atomic E-state index is 11.8. The Morgan fingerprint density at radius 3 is 1.89 bits per heavy atom. The van der Waals surface area contributed by atoms with Crippen LogP contribution in [0.1, 0.15) is 17.3 Å². The number of ketones is 1. The number of benzene rings is 6. The first-order valence-corrected chi connectivity index (χ1v) is 12.8. The Kier molecular flexibility index (Phi) is 5.15. The van der Waals surface area contributed by atoms with Crippen LogP contribution in [-0.4, -0.2) is 15.3 Å². The smallest absolute Gasteiger partial charge is 0.159 e. The standard InChI is InChI=1S/C35H24N2O/c1-23(38)24-18-20-25(21-19-24)26-10-9-11-27(22-26)35-36-33-31-16-7-5-14-29(31)30-15-6-8-17-32(30)34(33)37(35)28-12-3-2-4-13-28/h2-22H,1H3. The number of aromatic nitrogens is 2. The molecule has 7 aromatic rings. The van der Waals surface area contributed by atoms with Gasteiger partial charge in [0.25, 0.3) is 0 Å². The molecule has 0 N–H and O–H groups in total. The largest absolute Gasteiger partial charge is 0.295 e. The van der Waals surface area contributed by atoms with Crippen molar-refractivity contribution < 1.29 is 4.79 Å². The molecular weight excluding hydrogens is 464 g/mol. The van der Waals surface area contributed by atoms with Crippen molar-refractivity contribution in [3.8, 4) is 28.2 Å². The van der Waals surface area contributed by atoms with E-state index in [9.17, 15) is 4.79 Å². The molecular formula is C35H24N2O. The van der Waals surface area contributed by atoms with Crippen molar-refractivity contribution in [2.75, 3.05) is 0 Å². The molecule has 0 aliphatic heterocycles. The summed E-state index contributed by atoms with van der Waals surface area (Å²) in [5.74, 6) is 0.969. The predicted molar refractivity (Wildman–Crippen MR) is 157 cm³/mol. The van der Waals surface area contributed by atoms with Crippen LogP contribution in [0.25, 0.3) is 60.8 Å². The molecule has 3 nitrogen and oxygen atoms in total. The van der Waals surface area contributed by atoms with Crippen LogP contribution in [0.15, 0.2) is 127 Å². The highest BCUT2D eigenvalue weighted by Gasteiger charge is 2.20. The second kappa shape index (κ2) is 8.82. The number of Topliss-reactive ketones (excluding diaryl/α,β-unsaturated/α-hetero) is 1. The fourth-order valence-electron chi connectivity index (χ4n) is 5.46. The molecule has 38 heavy (non-hydrogen) atoms. The van der Waals surface area contributed by atoms with Crippen molar-refractivity contribution in [1.29, 1.82) is 0 Å². The topological polar surface area (TPSA) is 34.9 Å². The molecule has 6 aromatic carbocycles. The maximum Gasteiger partial charge on any atom is 0.159 e. The third-order valence-electron chi connectivity index (χ3n) is 7.29. The van der Waals surface area contributed by atoms with E-state index in [1.807, 2.05) is 30.3 Å². The lowest BCUT2D eigenvalue weighted by Gasteiger charge is -2.13. The summed E-state index contributed by atoms with van der Waals surface area (Å²) < 4.78 is 2.29. The number of rotatable bonds is 4. The van der Waals surface area contributed by atoms with Gasteiger partial charge in [0.05, 0.1) is 11.0 Å². The van der Waals surface area contributed by atoms with E-state index in [0.29, 0.717) is 0 Å². The number of nitrogens with zero attached hydrogens (tertiary/aromatic N) is 2. The van der Waals surface area contributed by atoms with Crippen molar-refractivity contribution in [1.82, 2.24) is 9.55 Å². The summed E-state index contributed by atoms with van der Waals surface area (Å²) in [6, 6.07) is 43.9. The minimum absolute atomic E-state index is 0.0707. The molecule has 0 saturated carbocycles. The predicted octanol–water partition coefficient (Wildman–Crippen LogP) is 8.87. The lowest BCUT2D eigenvalue weighted by Crippen LogP contribution is -1.98. The molecule has 0 radical (unpaired) electrons. The van der Waals surface area contributed by atoms with E-state index in [2.05, 4.69) is 102 Å². The Labute approximate surface area is 220 Å². The lowest BCUT2D eigenvalue weighted by atomic mass is 10.00. The van der Waals surface area contributed by atoms with Crippen LogP contribution in [0, 0.1) is 0 Å². The fourth-order valence-corrected chi connectivity index (χ4v) is 5.46. The number of hydrogen-bond acceptors (Lipinski definition) is 2. The van der Waals surface area contributed by atoms with Gasteiger partial charge in [-0.25, -0.2) is 4.98 Å². The number of para-hydroxylation sites is 1. The molecule has 1 aromatic heterocycles. The summed E-state index contributed by atoms with van der Waals surface area (Å²) in [6.45, 7) is 1.59. The molecule has 7 rings (SSSR count). The van der Waals surface area contributed by atoms with Gasteiger partial charge in [-0.1, -0.05) is 109 Å². The number of carbonyl (C=O) groups excluding carboxylic acids is 1. The Hall–Kier alpha value is -5.02. The third kappa shape index (κ3) is 3.52. The zero-order valence-electron chi connectivity index (χ0n) is 20.9. The minimum atomic E-state index is 0.0707. The molecule has 0 unspecified atom stereocenters. The quantitative estimate of drug-likeness (QED) is 0.183. The van der Waals surface area contributed by atoms with Crippen molar-refractivity contribution in [2.24, 2.45) is 0 Å². The first-order valence-electron chi connectivity index (χ1n) is 12.8. The summed E-state index contributed by atoms with van der Waals surface area (Å²) in [5.41, 5.74) is 7.07. The van der Waals surface area contributed by atoms with Gasteiger partial charge in [0, 0.05) is 27.6 Å². The molecule has 0 saturated heterocycles. The summed E-state index contributed by atoms with van der Waals surface area (Å²) in [6.07, 6.45) is 0.